The van der Waals surface area contributed by atoms with Crippen LogP contribution < -0.4 is 10.1 Å². The first kappa shape index (κ1) is 17.5. The predicted molar refractivity (Wildman–Crippen MR) is 93.6 cm³/mol. The van der Waals surface area contributed by atoms with Gasteiger partial charge >= 0.3 is 0 Å². The van der Waals surface area contributed by atoms with Crippen molar-refractivity contribution >= 4 is 0 Å². The van der Waals surface area contributed by atoms with Crippen LogP contribution in [0.4, 0.5) is 8.78 Å². The number of nitrogens with zero attached hydrogens (tertiary/aromatic N) is 3. The Morgan fingerprint density at radius 3 is 2.78 bits per heavy atom. The quantitative estimate of drug-likeness (QED) is 0.738. The highest BCUT2D eigenvalue weighted by molar-refractivity contribution is 5.53. The molecule has 1 aliphatic heterocycles. The molecule has 27 heavy (non-hydrogen) atoms. The Morgan fingerprint density at radius 1 is 1.19 bits per heavy atom. The minimum Gasteiger partial charge on any atom is -0.439 e. The zero-order valence-corrected chi connectivity index (χ0v) is 14.4. The Morgan fingerprint density at radius 2 is 2.04 bits per heavy atom. The van der Waals surface area contributed by atoms with Gasteiger partial charge in [0, 0.05) is 36.7 Å². The lowest BCUT2D eigenvalue weighted by molar-refractivity contribution is 0.169. The van der Waals surface area contributed by atoms with Gasteiger partial charge in [0.1, 0.15) is 17.7 Å². The molecule has 3 heterocycles. The number of alkyl halides is 1. The molecule has 1 aliphatic rings. The van der Waals surface area contributed by atoms with Crippen LogP contribution >= 0.6 is 0 Å². The number of hydrogen-bond acceptors (Lipinski definition) is 6. The summed E-state index contributed by atoms with van der Waals surface area (Å²) in [5.41, 5.74) is 0.665. The van der Waals surface area contributed by atoms with Gasteiger partial charge in [-0.25, -0.2) is 13.8 Å². The molecule has 0 amide bonds. The lowest BCUT2D eigenvalue weighted by Gasteiger charge is -2.25. The van der Waals surface area contributed by atoms with Crippen molar-refractivity contribution in [3.8, 4) is 23.0 Å². The summed E-state index contributed by atoms with van der Waals surface area (Å²) in [6, 6.07) is 9.09. The fraction of sp³-hybridized carbons (Fsp3) is 0.316. The van der Waals surface area contributed by atoms with Crippen LogP contribution in [0.25, 0.3) is 11.4 Å². The van der Waals surface area contributed by atoms with E-state index in [1.807, 2.05) is 0 Å². The van der Waals surface area contributed by atoms with Crippen molar-refractivity contribution in [1.82, 2.24) is 20.4 Å². The molecule has 2 aromatic heterocycles. The number of ether oxygens (including phenoxy) is 1. The van der Waals surface area contributed by atoms with Crippen molar-refractivity contribution in [3.63, 3.8) is 0 Å². The standard InChI is InChI=1S/C19H18F2N4O2/c20-14-2-4-15(5-3-14)26-17-6-1-13(10-23-17)19-24-18(27-25-19)9-12-7-8-22-11-16(12)21/h1-6,10,12,16,22H,7-9,11H2. The Kier molecular flexibility index (Phi) is 5.06. The topological polar surface area (TPSA) is 73.1 Å². The van der Waals surface area contributed by atoms with Gasteiger partial charge in [-0.05, 0) is 43.3 Å². The van der Waals surface area contributed by atoms with Crippen LogP contribution in [0.5, 0.6) is 11.6 Å². The number of pyridine rings is 1. The molecule has 1 saturated heterocycles. The molecule has 2 atom stereocenters. The van der Waals surface area contributed by atoms with E-state index in [9.17, 15) is 8.78 Å². The Hall–Kier alpha value is -2.87. The number of piperidine rings is 1. The van der Waals surface area contributed by atoms with Crippen molar-refractivity contribution in [2.75, 3.05) is 13.1 Å². The van der Waals surface area contributed by atoms with Crippen molar-refractivity contribution in [2.45, 2.75) is 19.0 Å². The third-order valence-corrected chi connectivity index (χ3v) is 4.48. The molecule has 1 fully saturated rings. The summed E-state index contributed by atoms with van der Waals surface area (Å²) in [5, 5.41) is 6.98. The molecule has 0 radical (unpaired) electrons. The van der Waals surface area contributed by atoms with Crippen LogP contribution in [-0.4, -0.2) is 34.4 Å². The average Bonchev–Trinajstić information content (AvgIpc) is 3.15. The minimum absolute atomic E-state index is 0.107. The number of halogens is 2. The van der Waals surface area contributed by atoms with Gasteiger partial charge in [-0.3, -0.25) is 0 Å². The second-order valence-corrected chi connectivity index (χ2v) is 6.43. The van der Waals surface area contributed by atoms with Gasteiger partial charge in [-0.15, -0.1) is 0 Å². The second kappa shape index (κ2) is 7.79. The van der Waals surface area contributed by atoms with Crippen molar-refractivity contribution in [1.29, 1.82) is 0 Å². The Labute approximate surface area is 154 Å². The third-order valence-electron chi connectivity index (χ3n) is 4.48. The number of benzene rings is 1. The summed E-state index contributed by atoms with van der Waals surface area (Å²) in [6.45, 7) is 1.16. The van der Waals surface area contributed by atoms with E-state index in [0.29, 0.717) is 41.9 Å². The van der Waals surface area contributed by atoms with Crippen LogP contribution in [0, 0.1) is 11.7 Å². The molecule has 0 spiro atoms. The third kappa shape index (κ3) is 4.28. The minimum atomic E-state index is -0.904. The Balaban J connectivity index is 1.41. The normalized spacial score (nSPS) is 19.8. The van der Waals surface area contributed by atoms with Gasteiger partial charge in [0.15, 0.2) is 0 Å². The summed E-state index contributed by atoms with van der Waals surface area (Å²) < 4.78 is 37.6. The summed E-state index contributed by atoms with van der Waals surface area (Å²) in [7, 11) is 0. The van der Waals surface area contributed by atoms with E-state index < -0.39 is 6.17 Å². The van der Waals surface area contributed by atoms with Crippen LogP contribution in [0.2, 0.25) is 0 Å². The van der Waals surface area contributed by atoms with Gasteiger partial charge in [-0.1, -0.05) is 5.16 Å². The van der Waals surface area contributed by atoms with Gasteiger partial charge in [0.25, 0.3) is 0 Å². The van der Waals surface area contributed by atoms with Crippen LogP contribution in [-0.2, 0) is 6.42 Å². The maximum absolute atomic E-state index is 13.9. The van der Waals surface area contributed by atoms with Gasteiger partial charge in [-0.2, -0.15) is 4.98 Å². The molecule has 0 bridgehead atoms. The zero-order chi connectivity index (χ0) is 18.6. The summed E-state index contributed by atoms with van der Waals surface area (Å²) in [4.78, 5) is 8.55. The molecule has 4 rings (SSSR count). The lowest BCUT2D eigenvalue weighted by atomic mass is 9.93. The van der Waals surface area contributed by atoms with Crippen LogP contribution in [0.3, 0.4) is 0 Å². The van der Waals surface area contributed by atoms with E-state index in [-0.39, 0.29) is 11.7 Å². The molecule has 8 heteroatoms. The fourth-order valence-electron chi connectivity index (χ4n) is 2.98. The maximum atomic E-state index is 13.9. The molecule has 1 N–H and O–H groups in total. The number of rotatable bonds is 5. The molecule has 3 aromatic rings. The van der Waals surface area contributed by atoms with Crippen molar-refractivity contribution < 1.29 is 18.0 Å². The average molecular weight is 372 g/mol. The molecule has 1 aromatic carbocycles. The van der Waals surface area contributed by atoms with E-state index >= 15 is 0 Å². The van der Waals surface area contributed by atoms with Crippen molar-refractivity contribution in [2.24, 2.45) is 5.92 Å². The van der Waals surface area contributed by atoms with Crippen molar-refractivity contribution in [3.05, 3.63) is 54.3 Å². The number of aromatic nitrogens is 3. The SMILES string of the molecule is Fc1ccc(Oc2ccc(-c3noc(CC4CCNCC4F)n3)cn2)cc1. The molecule has 2 unspecified atom stereocenters. The monoisotopic (exact) mass is 372 g/mol. The molecule has 6 nitrogen and oxygen atoms in total. The highest BCUT2D eigenvalue weighted by atomic mass is 19.1. The first-order chi connectivity index (χ1) is 13.2. The Bertz CT molecular complexity index is 883. The van der Waals surface area contributed by atoms with E-state index in [4.69, 9.17) is 9.26 Å². The fourth-order valence-corrected chi connectivity index (χ4v) is 2.98. The van der Waals surface area contributed by atoms with E-state index in [1.54, 1.807) is 18.3 Å². The van der Waals surface area contributed by atoms with E-state index in [0.717, 1.165) is 13.0 Å². The molecule has 0 saturated carbocycles. The summed E-state index contributed by atoms with van der Waals surface area (Å²) >= 11 is 0. The zero-order valence-electron chi connectivity index (χ0n) is 14.4. The highest BCUT2D eigenvalue weighted by Gasteiger charge is 2.26. The molecule has 140 valence electrons. The first-order valence-electron chi connectivity index (χ1n) is 8.74. The van der Waals surface area contributed by atoms with Gasteiger partial charge in [0.05, 0.1) is 0 Å². The van der Waals surface area contributed by atoms with Crippen LogP contribution in [0.15, 0.2) is 47.1 Å². The smallest absolute Gasteiger partial charge is 0.227 e. The van der Waals surface area contributed by atoms with Gasteiger partial charge in [0.2, 0.25) is 17.6 Å². The van der Waals surface area contributed by atoms with Crippen LogP contribution in [0.1, 0.15) is 12.3 Å². The second-order valence-electron chi connectivity index (χ2n) is 6.43. The van der Waals surface area contributed by atoms with E-state index in [2.05, 4.69) is 20.4 Å². The molecular weight excluding hydrogens is 354 g/mol. The van der Waals surface area contributed by atoms with E-state index in [1.165, 1.54) is 24.3 Å². The number of hydrogen-bond donors (Lipinski definition) is 1. The molecular formula is C19H18F2N4O2. The number of nitrogens with one attached hydrogen (secondary N) is 1. The first-order valence-corrected chi connectivity index (χ1v) is 8.74. The summed E-state index contributed by atoms with van der Waals surface area (Å²) in [5.74, 6) is 1.23. The predicted octanol–water partition coefficient (Wildman–Crippen LogP) is 3.55. The molecule has 0 aliphatic carbocycles. The lowest BCUT2D eigenvalue weighted by Crippen LogP contribution is -2.38. The summed E-state index contributed by atoms with van der Waals surface area (Å²) in [6.07, 6.45) is 1.83. The maximum Gasteiger partial charge on any atom is 0.227 e. The highest BCUT2D eigenvalue weighted by Crippen LogP contribution is 2.24. The largest absolute Gasteiger partial charge is 0.439 e. The van der Waals surface area contributed by atoms with Gasteiger partial charge < -0.3 is 14.6 Å².